The van der Waals surface area contributed by atoms with Crippen LogP contribution >= 0.6 is 0 Å². The molecule has 0 aromatic rings. The first-order valence-corrected chi connectivity index (χ1v) is 7.78. The number of hydrogen-bond donors (Lipinski definition) is 1. The average molecular weight is 268 g/mol. The van der Waals surface area contributed by atoms with Gasteiger partial charge in [0, 0.05) is 19.1 Å². The summed E-state index contributed by atoms with van der Waals surface area (Å²) in [6, 6.07) is 0.218. The van der Waals surface area contributed by atoms with Gasteiger partial charge in [-0.25, -0.2) is 0 Å². The van der Waals surface area contributed by atoms with Crippen molar-refractivity contribution in [1.82, 2.24) is 10.2 Å². The maximum Gasteiger partial charge on any atom is 0.311 e. The van der Waals surface area contributed by atoms with E-state index < -0.39 is 5.91 Å². The van der Waals surface area contributed by atoms with E-state index in [0.29, 0.717) is 13.1 Å². The molecule has 110 valence electrons. The van der Waals surface area contributed by atoms with Crippen LogP contribution in [0.5, 0.6) is 0 Å². The fourth-order valence-electron chi connectivity index (χ4n) is 2.47. The summed E-state index contributed by atoms with van der Waals surface area (Å²) in [5.74, 6) is -0.743. The number of unbranched alkanes of at least 4 members (excludes halogenated alkanes) is 2. The van der Waals surface area contributed by atoms with Gasteiger partial charge in [-0.15, -0.1) is 0 Å². The minimum Gasteiger partial charge on any atom is -0.345 e. The molecule has 1 fully saturated rings. The van der Waals surface area contributed by atoms with Gasteiger partial charge in [0.1, 0.15) is 0 Å². The van der Waals surface area contributed by atoms with Crippen LogP contribution in [0.1, 0.15) is 65.2 Å². The highest BCUT2D eigenvalue weighted by molar-refractivity contribution is 6.35. The summed E-state index contributed by atoms with van der Waals surface area (Å²) in [5, 5.41) is 2.88. The van der Waals surface area contributed by atoms with Gasteiger partial charge >= 0.3 is 11.8 Å². The van der Waals surface area contributed by atoms with Crippen LogP contribution in [0.2, 0.25) is 0 Å². The van der Waals surface area contributed by atoms with Gasteiger partial charge in [-0.05, 0) is 25.7 Å². The third-order valence-electron chi connectivity index (χ3n) is 3.74. The van der Waals surface area contributed by atoms with Crippen molar-refractivity contribution in [2.75, 3.05) is 13.1 Å². The fraction of sp³-hybridized carbons (Fsp3) is 0.867. The zero-order valence-electron chi connectivity index (χ0n) is 12.4. The Hall–Kier alpha value is -1.06. The Morgan fingerprint density at radius 3 is 2.05 bits per heavy atom. The van der Waals surface area contributed by atoms with Crippen molar-refractivity contribution in [3.8, 4) is 0 Å². The van der Waals surface area contributed by atoms with E-state index in [1.54, 1.807) is 4.90 Å². The van der Waals surface area contributed by atoms with E-state index in [1.807, 2.05) is 0 Å². The van der Waals surface area contributed by atoms with Gasteiger partial charge in [0.15, 0.2) is 0 Å². The molecule has 4 nitrogen and oxygen atoms in total. The van der Waals surface area contributed by atoms with E-state index in [-0.39, 0.29) is 11.9 Å². The summed E-state index contributed by atoms with van der Waals surface area (Å²) in [7, 11) is 0. The predicted molar refractivity (Wildman–Crippen MR) is 76.8 cm³/mol. The molecule has 0 aromatic carbocycles. The predicted octanol–water partition coefficient (Wildman–Crippen LogP) is 2.47. The van der Waals surface area contributed by atoms with Gasteiger partial charge in [0.05, 0.1) is 0 Å². The maximum absolute atomic E-state index is 12.2. The Bertz CT molecular complexity index is 278. The van der Waals surface area contributed by atoms with Gasteiger partial charge in [-0.3, -0.25) is 9.59 Å². The summed E-state index contributed by atoms with van der Waals surface area (Å²) in [6.07, 6.45) is 8.37. The molecule has 0 aliphatic heterocycles. The number of carbonyl (C=O) groups is 2. The summed E-state index contributed by atoms with van der Waals surface area (Å²) in [4.78, 5) is 25.8. The summed E-state index contributed by atoms with van der Waals surface area (Å²) >= 11 is 0. The fourth-order valence-corrected chi connectivity index (χ4v) is 2.47. The summed E-state index contributed by atoms with van der Waals surface area (Å²) in [5.41, 5.74) is 0. The minimum atomic E-state index is -0.404. The highest BCUT2D eigenvalue weighted by Crippen LogP contribution is 2.17. The van der Waals surface area contributed by atoms with Crippen LogP contribution in [-0.2, 0) is 9.59 Å². The number of nitrogens with zero attached hydrogens (tertiary/aromatic N) is 1. The molecular formula is C15H28N2O2. The third kappa shape index (κ3) is 5.62. The Balaban J connectivity index is 2.45. The molecule has 0 aromatic heterocycles. The molecule has 1 saturated carbocycles. The molecule has 4 heteroatoms. The summed E-state index contributed by atoms with van der Waals surface area (Å²) < 4.78 is 0. The molecule has 1 rings (SSSR count). The van der Waals surface area contributed by atoms with Gasteiger partial charge in [0.2, 0.25) is 0 Å². The molecule has 19 heavy (non-hydrogen) atoms. The van der Waals surface area contributed by atoms with E-state index in [4.69, 9.17) is 0 Å². The van der Waals surface area contributed by atoms with Crippen LogP contribution in [0.3, 0.4) is 0 Å². The lowest BCUT2D eigenvalue weighted by Crippen LogP contribution is -2.46. The lowest BCUT2D eigenvalue weighted by Gasteiger charge is -2.22. The molecule has 0 saturated heterocycles. The molecule has 1 aliphatic carbocycles. The second kappa shape index (κ2) is 8.94. The van der Waals surface area contributed by atoms with Crippen LogP contribution in [0.25, 0.3) is 0 Å². The molecule has 0 heterocycles. The molecule has 0 radical (unpaired) electrons. The first kappa shape index (κ1) is 16.0. The zero-order chi connectivity index (χ0) is 14.1. The molecule has 1 aliphatic rings. The van der Waals surface area contributed by atoms with Crippen molar-refractivity contribution in [3.63, 3.8) is 0 Å². The van der Waals surface area contributed by atoms with Gasteiger partial charge in [-0.1, -0.05) is 39.5 Å². The van der Waals surface area contributed by atoms with Crippen molar-refractivity contribution in [1.29, 1.82) is 0 Å². The average Bonchev–Trinajstić information content (AvgIpc) is 2.91. The second-order valence-corrected chi connectivity index (χ2v) is 5.45. The van der Waals surface area contributed by atoms with Crippen molar-refractivity contribution in [2.45, 2.75) is 71.3 Å². The van der Waals surface area contributed by atoms with Crippen LogP contribution in [0.15, 0.2) is 0 Å². The number of rotatable bonds is 7. The lowest BCUT2D eigenvalue weighted by atomic mass is 10.2. The maximum atomic E-state index is 12.2. The number of amides is 2. The third-order valence-corrected chi connectivity index (χ3v) is 3.74. The smallest absolute Gasteiger partial charge is 0.311 e. The van der Waals surface area contributed by atoms with Crippen LogP contribution in [0, 0.1) is 0 Å². The van der Waals surface area contributed by atoms with Crippen molar-refractivity contribution in [2.24, 2.45) is 0 Å². The zero-order valence-corrected chi connectivity index (χ0v) is 12.4. The van der Waals surface area contributed by atoms with Crippen molar-refractivity contribution < 1.29 is 9.59 Å². The van der Waals surface area contributed by atoms with Crippen LogP contribution < -0.4 is 5.32 Å². The molecule has 0 bridgehead atoms. The highest BCUT2D eigenvalue weighted by Gasteiger charge is 2.24. The van der Waals surface area contributed by atoms with E-state index in [9.17, 15) is 9.59 Å². The molecule has 2 amide bonds. The van der Waals surface area contributed by atoms with Crippen molar-refractivity contribution in [3.05, 3.63) is 0 Å². The van der Waals surface area contributed by atoms with Crippen LogP contribution in [-0.4, -0.2) is 35.8 Å². The lowest BCUT2D eigenvalue weighted by molar-refractivity contribution is -0.146. The van der Waals surface area contributed by atoms with Gasteiger partial charge in [0.25, 0.3) is 0 Å². The molecule has 0 unspecified atom stereocenters. The normalized spacial score (nSPS) is 15.5. The van der Waals surface area contributed by atoms with E-state index in [1.165, 1.54) is 0 Å². The number of nitrogens with one attached hydrogen (secondary N) is 1. The topological polar surface area (TPSA) is 49.4 Å². The Labute approximate surface area is 116 Å². The monoisotopic (exact) mass is 268 g/mol. The molecule has 0 spiro atoms. The van der Waals surface area contributed by atoms with Gasteiger partial charge < -0.3 is 10.2 Å². The Morgan fingerprint density at radius 2 is 1.58 bits per heavy atom. The first-order valence-electron chi connectivity index (χ1n) is 7.78. The van der Waals surface area contributed by atoms with Gasteiger partial charge in [-0.2, -0.15) is 0 Å². The van der Waals surface area contributed by atoms with Crippen LogP contribution in [0.4, 0.5) is 0 Å². The first-order chi connectivity index (χ1) is 9.19. The largest absolute Gasteiger partial charge is 0.345 e. The number of hydrogen-bond acceptors (Lipinski definition) is 2. The molecular weight excluding hydrogens is 240 g/mol. The van der Waals surface area contributed by atoms with E-state index in [2.05, 4.69) is 19.2 Å². The quantitative estimate of drug-likeness (QED) is 0.721. The van der Waals surface area contributed by atoms with E-state index in [0.717, 1.165) is 51.4 Å². The van der Waals surface area contributed by atoms with E-state index >= 15 is 0 Å². The summed E-state index contributed by atoms with van der Waals surface area (Å²) in [6.45, 7) is 5.60. The minimum absolute atomic E-state index is 0.218. The SMILES string of the molecule is CCCCN(CCCC)C(=O)C(=O)NC1CCCC1. The Kier molecular flexibility index (Phi) is 7.53. The second-order valence-electron chi connectivity index (χ2n) is 5.45. The Morgan fingerprint density at radius 1 is 1.05 bits per heavy atom. The number of carbonyl (C=O) groups excluding carboxylic acids is 2. The highest BCUT2D eigenvalue weighted by atomic mass is 16.2. The standard InChI is InChI=1S/C15H28N2O2/c1-3-5-11-17(12-6-4-2)15(19)14(18)16-13-9-7-8-10-13/h13H,3-12H2,1-2H3,(H,16,18). The molecule has 1 N–H and O–H groups in total. The van der Waals surface area contributed by atoms with Crippen molar-refractivity contribution >= 4 is 11.8 Å². The molecule has 0 atom stereocenters.